The maximum atomic E-state index is 15.3. The summed E-state index contributed by atoms with van der Waals surface area (Å²) in [7, 11) is 0. The summed E-state index contributed by atoms with van der Waals surface area (Å²) in [6, 6.07) is 9.37. The van der Waals surface area contributed by atoms with Gasteiger partial charge in [-0.25, -0.2) is 8.91 Å². The molecule has 5 heterocycles. The molecule has 2 aliphatic heterocycles. The number of amides is 1. The van der Waals surface area contributed by atoms with Crippen LogP contribution in [0.25, 0.3) is 27.8 Å². The number of halogens is 1. The fourth-order valence-electron chi connectivity index (χ4n) is 8.23. The fraction of sp³-hybridized carbons (Fsp3) is 0.556. The second kappa shape index (κ2) is 11.7. The van der Waals surface area contributed by atoms with Crippen LogP contribution in [0.3, 0.4) is 0 Å². The van der Waals surface area contributed by atoms with Gasteiger partial charge >= 0.3 is 0 Å². The van der Waals surface area contributed by atoms with Gasteiger partial charge in [0.25, 0.3) is 5.91 Å². The standard InChI is InChI=1S/C36H45FN6O3/c1-21-31-7-6-24(35(45)41-10-2-3-28(38)20-41)19-43(31)39-33(21)32-16-25-13-27(37)17-30(34(25)42(32)18-22-4-5-22)23-8-11-40(12-9-23)36(46)26-14-29(44)15-26/h6-7,13,16-17,19,22-23,26,28-29,36,44,46H,2-5,8-12,14-15,18,20,38H2,1H3/t26?,28-,29?,36?/m1/s1. The summed E-state index contributed by atoms with van der Waals surface area (Å²) in [5.41, 5.74) is 12.7. The van der Waals surface area contributed by atoms with Gasteiger partial charge in [0.2, 0.25) is 0 Å². The van der Waals surface area contributed by atoms with E-state index in [0.717, 1.165) is 90.8 Å². The van der Waals surface area contributed by atoms with Crippen LogP contribution in [0, 0.1) is 24.6 Å². The minimum Gasteiger partial charge on any atom is -0.393 e. The van der Waals surface area contributed by atoms with Gasteiger partial charge in [0.05, 0.1) is 28.4 Å². The van der Waals surface area contributed by atoms with Crippen molar-refractivity contribution in [3.8, 4) is 11.4 Å². The average Bonchev–Trinajstić information content (AvgIpc) is 3.71. The van der Waals surface area contributed by atoms with Gasteiger partial charge < -0.3 is 25.4 Å². The number of rotatable bonds is 7. The highest BCUT2D eigenvalue weighted by Crippen LogP contribution is 2.42. The van der Waals surface area contributed by atoms with E-state index in [2.05, 4.69) is 22.5 Å². The second-order valence-electron chi connectivity index (χ2n) is 14.5. The monoisotopic (exact) mass is 628 g/mol. The number of carbonyl (C=O) groups is 1. The number of aliphatic hydroxyl groups is 2. The summed E-state index contributed by atoms with van der Waals surface area (Å²) in [6.45, 7) is 5.74. The maximum absolute atomic E-state index is 15.3. The molecule has 0 bridgehead atoms. The number of aliphatic hydroxyl groups excluding tert-OH is 2. The number of likely N-dealkylation sites (tertiary alicyclic amines) is 2. The lowest BCUT2D eigenvalue weighted by atomic mass is 9.79. The Morgan fingerprint density at radius 3 is 2.59 bits per heavy atom. The van der Waals surface area contributed by atoms with Crippen LogP contribution < -0.4 is 5.73 Å². The van der Waals surface area contributed by atoms with E-state index in [0.29, 0.717) is 30.9 Å². The Morgan fingerprint density at radius 2 is 1.87 bits per heavy atom. The van der Waals surface area contributed by atoms with Gasteiger partial charge in [0.1, 0.15) is 17.7 Å². The summed E-state index contributed by atoms with van der Waals surface area (Å²) in [6.07, 6.45) is 8.30. The summed E-state index contributed by atoms with van der Waals surface area (Å²) >= 11 is 0. The van der Waals surface area contributed by atoms with Gasteiger partial charge in [-0.2, -0.15) is 5.10 Å². The lowest BCUT2D eigenvalue weighted by Crippen LogP contribution is -2.49. The van der Waals surface area contributed by atoms with Gasteiger partial charge in [-0.3, -0.25) is 9.69 Å². The van der Waals surface area contributed by atoms with E-state index in [1.165, 1.54) is 12.8 Å². The molecule has 4 fully saturated rings. The molecule has 1 aromatic carbocycles. The normalized spacial score (nSPS) is 25.3. The third-order valence-corrected chi connectivity index (χ3v) is 11.1. The Bertz CT molecular complexity index is 1780. The third-order valence-electron chi connectivity index (χ3n) is 11.1. The average molecular weight is 629 g/mol. The maximum Gasteiger partial charge on any atom is 0.255 e. The Hall–Kier alpha value is -3.31. The van der Waals surface area contributed by atoms with Crippen molar-refractivity contribution in [2.24, 2.45) is 17.6 Å². The minimum atomic E-state index is -0.520. The smallest absolute Gasteiger partial charge is 0.255 e. The van der Waals surface area contributed by atoms with Crippen molar-refractivity contribution in [3.05, 3.63) is 59.0 Å². The molecule has 2 saturated carbocycles. The molecular formula is C36H45FN6O3. The number of benzene rings is 1. The van der Waals surface area contributed by atoms with Crippen molar-refractivity contribution < 1.29 is 19.4 Å². The molecule has 9 nitrogen and oxygen atoms in total. The van der Waals surface area contributed by atoms with Crippen molar-refractivity contribution in [2.45, 2.75) is 89.1 Å². The summed E-state index contributed by atoms with van der Waals surface area (Å²) in [5.74, 6) is 0.679. The quantitative estimate of drug-likeness (QED) is 0.275. The van der Waals surface area contributed by atoms with Gasteiger partial charge in [0, 0.05) is 61.8 Å². The highest BCUT2D eigenvalue weighted by Gasteiger charge is 2.38. The first kappa shape index (κ1) is 30.1. The number of piperidine rings is 2. The fourth-order valence-corrected chi connectivity index (χ4v) is 8.23. The summed E-state index contributed by atoms with van der Waals surface area (Å²) < 4.78 is 19.5. The van der Waals surface area contributed by atoms with E-state index in [1.54, 1.807) is 12.1 Å². The lowest BCUT2D eigenvalue weighted by Gasteiger charge is -2.43. The molecular weight excluding hydrogens is 583 g/mol. The second-order valence-corrected chi connectivity index (χ2v) is 14.5. The zero-order chi connectivity index (χ0) is 31.7. The van der Waals surface area contributed by atoms with Gasteiger partial charge in [-0.1, -0.05) is 0 Å². The van der Waals surface area contributed by atoms with E-state index < -0.39 is 6.23 Å². The van der Waals surface area contributed by atoms with Crippen molar-refractivity contribution in [3.63, 3.8) is 0 Å². The highest BCUT2D eigenvalue weighted by atomic mass is 19.1. The molecule has 0 radical (unpaired) electrons. The van der Waals surface area contributed by atoms with Crippen molar-refractivity contribution in [1.29, 1.82) is 0 Å². The number of aromatic nitrogens is 3. The van der Waals surface area contributed by atoms with Crippen LogP contribution in [0.15, 0.2) is 36.5 Å². The predicted octanol–water partition coefficient (Wildman–Crippen LogP) is 4.65. The molecule has 4 aliphatic rings. The molecule has 1 amide bonds. The number of carbonyl (C=O) groups excluding carboxylic acids is 1. The van der Waals surface area contributed by atoms with Gasteiger partial charge in [-0.05, 0) is 106 Å². The molecule has 0 spiro atoms. The van der Waals surface area contributed by atoms with Crippen molar-refractivity contribution >= 4 is 22.3 Å². The topological polar surface area (TPSA) is 112 Å². The van der Waals surface area contributed by atoms with Gasteiger partial charge in [0.15, 0.2) is 0 Å². The van der Waals surface area contributed by atoms with E-state index in [9.17, 15) is 15.0 Å². The van der Waals surface area contributed by atoms with Crippen LogP contribution in [0.1, 0.15) is 78.8 Å². The zero-order valence-electron chi connectivity index (χ0n) is 26.6. The largest absolute Gasteiger partial charge is 0.393 e. The lowest BCUT2D eigenvalue weighted by molar-refractivity contribution is -0.108. The predicted molar refractivity (Wildman–Crippen MR) is 175 cm³/mol. The molecule has 10 heteroatoms. The molecule has 8 rings (SSSR count). The molecule has 4 N–H and O–H groups in total. The number of fused-ring (bicyclic) bond motifs is 2. The summed E-state index contributed by atoms with van der Waals surface area (Å²) in [4.78, 5) is 17.3. The first-order chi connectivity index (χ1) is 22.2. The number of aryl methyl sites for hydroxylation is 1. The zero-order valence-corrected chi connectivity index (χ0v) is 26.6. The van der Waals surface area contributed by atoms with Crippen LogP contribution in [-0.2, 0) is 6.54 Å². The van der Waals surface area contributed by atoms with Gasteiger partial charge in [-0.15, -0.1) is 0 Å². The molecule has 1 unspecified atom stereocenters. The number of hydrogen-bond donors (Lipinski definition) is 3. The number of nitrogens with two attached hydrogens (primary N) is 1. The van der Waals surface area contributed by atoms with E-state index >= 15 is 4.39 Å². The number of nitrogens with zero attached hydrogens (tertiary/aromatic N) is 5. The van der Waals surface area contributed by atoms with Crippen LogP contribution in [0.5, 0.6) is 0 Å². The van der Waals surface area contributed by atoms with Crippen LogP contribution in [-0.4, -0.2) is 84.7 Å². The highest BCUT2D eigenvalue weighted by molar-refractivity contribution is 5.95. The van der Waals surface area contributed by atoms with E-state index in [-0.39, 0.29) is 35.7 Å². The van der Waals surface area contributed by atoms with E-state index in [1.807, 2.05) is 27.7 Å². The van der Waals surface area contributed by atoms with Crippen LogP contribution >= 0.6 is 0 Å². The molecule has 4 aromatic rings. The molecule has 3 aromatic heterocycles. The summed E-state index contributed by atoms with van der Waals surface area (Å²) in [5, 5.41) is 26.6. The van der Waals surface area contributed by atoms with Crippen LogP contribution in [0.2, 0.25) is 0 Å². The molecule has 2 saturated heterocycles. The third kappa shape index (κ3) is 5.43. The first-order valence-corrected chi connectivity index (χ1v) is 17.2. The molecule has 46 heavy (non-hydrogen) atoms. The van der Waals surface area contributed by atoms with Crippen LogP contribution in [0.4, 0.5) is 4.39 Å². The number of pyridine rings is 1. The molecule has 2 aliphatic carbocycles. The minimum absolute atomic E-state index is 0.0152. The SMILES string of the molecule is Cc1c(-c2cc3cc(F)cc(C4CCN(C(O)C5CC(O)C5)CC4)c3n2CC2CC2)nn2cc(C(=O)N3CCC[C@@H](N)C3)ccc12. The first-order valence-electron chi connectivity index (χ1n) is 17.2. The van der Waals surface area contributed by atoms with E-state index in [4.69, 9.17) is 10.8 Å². The van der Waals surface area contributed by atoms with Crippen molar-refractivity contribution in [2.75, 3.05) is 26.2 Å². The number of hydrogen-bond acceptors (Lipinski definition) is 6. The Kier molecular flexibility index (Phi) is 7.67. The Labute approximate surface area is 268 Å². The molecule has 244 valence electrons. The van der Waals surface area contributed by atoms with Crippen molar-refractivity contribution in [1.82, 2.24) is 24.0 Å². The Balaban J connectivity index is 1.14. The molecule has 2 atom stereocenters. The Morgan fingerprint density at radius 1 is 1.09 bits per heavy atom.